The Balaban J connectivity index is 0.00000272. The highest BCUT2D eigenvalue weighted by Gasteiger charge is 2.47. The highest BCUT2D eigenvalue weighted by molar-refractivity contribution is 7.96. The third-order valence-electron chi connectivity index (χ3n) is 5.45. The van der Waals surface area contributed by atoms with Gasteiger partial charge in [0.05, 0.1) is 0 Å². The Morgan fingerprint density at radius 3 is 1.52 bits per heavy atom. The fourth-order valence-electron chi connectivity index (χ4n) is 3.89. The van der Waals surface area contributed by atoms with E-state index in [1.165, 1.54) is 6.07 Å². The van der Waals surface area contributed by atoms with Crippen molar-refractivity contribution in [1.29, 1.82) is 0 Å². The fraction of sp³-hybridized carbons (Fsp3) is 0.0741. The molecular formula is C27H23BrFOP. The summed E-state index contributed by atoms with van der Waals surface area (Å²) in [6.07, 6.45) is 0.357. The van der Waals surface area contributed by atoms with E-state index in [4.69, 9.17) is 0 Å². The van der Waals surface area contributed by atoms with Crippen LogP contribution in [0.25, 0.3) is 0 Å². The van der Waals surface area contributed by atoms with Crippen molar-refractivity contribution >= 4 is 29.0 Å². The predicted molar refractivity (Wildman–Crippen MR) is 125 cm³/mol. The highest BCUT2D eigenvalue weighted by Crippen LogP contribution is 2.55. The summed E-state index contributed by atoms with van der Waals surface area (Å²) >= 11 is 0. The molecule has 0 aliphatic carbocycles. The van der Waals surface area contributed by atoms with Crippen molar-refractivity contribution in [2.45, 2.75) is 6.92 Å². The lowest BCUT2D eigenvalue weighted by atomic mass is 10.1. The molecule has 0 saturated heterocycles. The van der Waals surface area contributed by atoms with E-state index in [2.05, 4.69) is 36.4 Å². The Hall–Kier alpha value is -2.61. The lowest BCUT2D eigenvalue weighted by Gasteiger charge is -2.27. The molecule has 0 amide bonds. The number of aryl methyl sites for hydroxylation is 1. The first-order valence-electron chi connectivity index (χ1n) is 9.95. The molecule has 0 heterocycles. The quantitative estimate of drug-likeness (QED) is 0.298. The van der Waals surface area contributed by atoms with Crippen LogP contribution in [-0.2, 0) is 0 Å². The maximum Gasteiger partial charge on any atom is 0.201 e. The summed E-state index contributed by atoms with van der Waals surface area (Å²) in [7, 11) is -2.25. The Bertz CT molecular complexity index is 1050. The normalized spacial score (nSPS) is 10.9. The molecule has 0 radical (unpaired) electrons. The smallest absolute Gasteiger partial charge is 0.201 e. The van der Waals surface area contributed by atoms with Gasteiger partial charge in [0.1, 0.15) is 35.2 Å². The molecule has 4 rings (SSSR count). The van der Waals surface area contributed by atoms with Gasteiger partial charge in [0.25, 0.3) is 0 Å². The molecule has 156 valence electrons. The van der Waals surface area contributed by atoms with E-state index in [1.807, 2.05) is 54.6 Å². The summed E-state index contributed by atoms with van der Waals surface area (Å²) in [6.45, 7) is 1.69. The zero-order chi connectivity index (χ0) is 21.0. The summed E-state index contributed by atoms with van der Waals surface area (Å²) in [5, 5.41) is 3.48. The number of carbonyl (C=O) groups excluding carboxylic acids is 1. The van der Waals surface area contributed by atoms with Crippen LogP contribution in [0.15, 0.2) is 109 Å². The summed E-state index contributed by atoms with van der Waals surface area (Å²) in [5.74, 6) is -0.259. The van der Waals surface area contributed by atoms with E-state index in [9.17, 15) is 9.18 Å². The van der Waals surface area contributed by atoms with Gasteiger partial charge in [-0.05, 0) is 67.1 Å². The molecule has 0 fully saturated rings. The van der Waals surface area contributed by atoms with Crippen molar-refractivity contribution in [3.05, 3.63) is 126 Å². The second-order valence-electron chi connectivity index (χ2n) is 7.36. The van der Waals surface area contributed by atoms with Crippen molar-refractivity contribution in [2.24, 2.45) is 0 Å². The van der Waals surface area contributed by atoms with Crippen LogP contribution in [0.4, 0.5) is 4.39 Å². The molecule has 0 aliphatic heterocycles. The summed E-state index contributed by atoms with van der Waals surface area (Å²) in [5.41, 5.74) is 1.05. The van der Waals surface area contributed by atoms with E-state index in [1.54, 1.807) is 19.1 Å². The van der Waals surface area contributed by atoms with Gasteiger partial charge in [0.2, 0.25) is 5.78 Å². The van der Waals surface area contributed by atoms with Gasteiger partial charge >= 0.3 is 0 Å². The number of hydrogen-bond acceptors (Lipinski definition) is 1. The van der Waals surface area contributed by atoms with E-state index >= 15 is 0 Å². The van der Waals surface area contributed by atoms with Crippen LogP contribution in [0.3, 0.4) is 0 Å². The Morgan fingerprint density at radius 1 is 0.710 bits per heavy atom. The van der Waals surface area contributed by atoms with Crippen LogP contribution >= 0.6 is 7.26 Å². The molecule has 0 bridgehead atoms. The zero-order valence-corrected chi connectivity index (χ0v) is 19.7. The summed E-state index contributed by atoms with van der Waals surface area (Å²) in [4.78, 5) is 13.5. The Labute approximate surface area is 194 Å². The molecule has 0 N–H and O–H groups in total. The first kappa shape index (κ1) is 23.1. The topological polar surface area (TPSA) is 17.1 Å². The van der Waals surface area contributed by atoms with Crippen molar-refractivity contribution in [2.75, 3.05) is 6.16 Å². The van der Waals surface area contributed by atoms with Gasteiger partial charge in [-0.15, -0.1) is 0 Å². The van der Waals surface area contributed by atoms with Crippen LogP contribution in [-0.4, -0.2) is 11.9 Å². The van der Waals surface area contributed by atoms with Crippen LogP contribution in [0.2, 0.25) is 0 Å². The van der Waals surface area contributed by atoms with Gasteiger partial charge in [0, 0.05) is 5.56 Å². The van der Waals surface area contributed by atoms with Crippen molar-refractivity contribution < 1.29 is 26.2 Å². The number of ketones is 1. The molecule has 0 aromatic heterocycles. The van der Waals surface area contributed by atoms with Gasteiger partial charge in [-0.1, -0.05) is 54.6 Å². The molecular weight excluding hydrogens is 470 g/mol. The van der Waals surface area contributed by atoms with Crippen molar-refractivity contribution in [3.63, 3.8) is 0 Å². The maximum atomic E-state index is 13.8. The Kier molecular flexibility index (Phi) is 7.54. The monoisotopic (exact) mass is 492 g/mol. The van der Waals surface area contributed by atoms with Crippen LogP contribution in [0.5, 0.6) is 0 Å². The van der Waals surface area contributed by atoms with Gasteiger partial charge < -0.3 is 17.0 Å². The van der Waals surface area contributed by atoms with Crippen LogP contribution in [0.1, 0.15) is 15.9 Å². The zero-order valence-electron chi connectivity index (χ0n) is 17.2. The molecule has 4 aromatic rings. The average Bonchev–Trinajstić information content (AvgIpc) is 2.81. The number of halogens is 2. The number of hydrogen-bond donors (Lipinski definition) is 0. The molecule has 0 aliphatic rings. The van der Waals surface area contributed by atoms with Gasteiger partial charge in [-0.25, -0.2) is 4.39 Å². The lowest BCUT2D eigenvalue weighted by molar-refractivity contribution is -0.0000142. The van der Waals surface area contributed by atoms with Gasteiger partial charge in [-0.2, -0.15) is 0 Å². The summed E-state index contributed by atoms with van der Waals surface area (Å²) < 4.78 is 13.8. The van der Waals surface area contributed by atoms with E-state index in [0.29, 0.717) is 17.3 Å². The standard InChI is InChI=1S/C27H23FOP.BrH/c1-21-19-22(17-18-26(21)28)27(29)20-30(23-11-5-2-6-12-23,24-13-7-3-8-14-24)25-15-9-4-10-16-25;/h2-19H,20H2,1H3;1H/q+1;/p-1. The molecule has 0 spiro atoms. The van der Waals surface area contributed by atoms with E-state index < -0.39 is 7.26 Å². The second kappa shape index (κ2) is 10.1. The summed E-state index contributed by atoms with van der Waals surface area (Å²) in [6, 6.07) is 35.6. The molecule has 31 heavy (non-hydrogen) atoms. The van der Waals surface area contributed by atoms with Gasteiger partial charge in [0.15, 0.2) is 0 Å². The molecule has 4 aromatic carbocycles. The minimum Gasteiger partial charge on any atom is -1.00 e. The highest BCUT2D eigenvalue weighted by atomic mass is 79.9. The minimum atomic E-state index is -2.25. The third kappa shape index (κ3) is 4.69. The predicted octanol–water partition coefficient (Wildman–Crippen LogP) is 2.31. The van der Waals surface area contributed by atoms with E-state index in [-0.39, 0.29) is 28.6 Å². The molecule has 4 heteroatoms. The average molecular weight is 493 g/mol. The fourth-order valence-corrected chi connectivity index (χ4v) is 7.99. The number of benzene rings is 4. The number of rotatable bonds is 6. The van der Waals surface area contributed by atoms with Crippen LogP contribution < -0.4 is 32.9 Å². The molecule has 0 unspecified atom stereocenters. The van der Waals surface area contributed by atoms with Crippen molar-refractivity contribution in [3.8, 4) is 0 Å². The SMILES string of the molecule is Cc1cc(C(=O)C[P+](c2ccccc2)(c2ccccc2)c2ccccc2)ccc1F.[Br-]. The lowest BCUT2D eigenvalue weighted by Crippen LogP contribution is -3.00. The number of Topliss-reactive ketones (excluding diaryl/α,β-unsaturated/α-hetero) is 1. The second-order valence-corrected chi connectivity index (χ2v) is 10.8. The van der Waals surface area contributed by atoms with Crippen molar-refractivity contribution in [1.82, 2.24) is 0 Å². The van der Waals surface area contributed by atoms with E-state index in [0.717, 1.165) is 15.9 Å². The first-order chi connectivity index (χ1) is 14.6. The largest absolute Gasteiger partial charge is 1.00 e. The van der Waals surface area contributed by atoms with Gasteiger partial charge in [-0.3, -0.25) is 4.79 Å². The van der Waals surface area contributed by atoms with Crippen LogP contribution in [0, 0.1) is 12.7 Å². The maximum absolute atomic E-state index is 13.8. The number of carbonyl (C=O) groups is 1. The molecule has 0 saturated carbocycles. The Morgan fingerprint density at radius 2 is 1.13 bits per heavy atom. The molecule has 0 atom stereocenters. The third-order valence-corrected chi connectivity index (χ3v) is 9.75. The molecule has 1 nitrogen and oxygen atoms in total. The first-order valence-corrected chi connectivity index (χ1v) is 11.9. The minimum absolute atomic E-state index is 0.